The Bertz CT molecular complexity index is 904. The van der Waals surface area contributed by atoms with Crippen LogP contribution >= 0.6 is 0 Å². The number of nitrogens with zero attached hydrogens (tertiary/aromatic N) is 1. The van der Waals surface area contributed by atoms with Crippen molar-refractivity contribution in [3.63, 3.8) is 0 Å². The number of halogens is 2. The van der Waals surface area contributed by atoms with Gasteiger partial charge in [-0.1, -0.05) is 18.2 Å². The third-order valence-corrected chi connectivity index (χ3v) is 6.32. The molecule has 0 saturated carbocycles. The summed E-state index contributed by atoms with van der Waals surface area (Å²) in [5, 5.41) is 2.61. The van der Waals surface area contributed by atoms with E-state index in [-0.39, 0.29) is 23.0 Å². The van der Waals surface area contributed by atoms with Crippen LogP contribution in [0.25, 0.3) is 0 Å². The van der Waals surface area contributed by atoms with E-state index >= 15 is 0 Å². The van der Waals surface area contributed by atoms with Crippen LogP contribution in [0.4, 0.5) is 8.78 Å². The van der Waals surface area contributed by atoms with E-state index in [4.69, 9.17) is 0 Å². The second-order valence-corrected chi connectivity index (χ2v) is 7.95. The van der Waals surface area contributed by atoms with Crippen LogP contribution in [-0.2, 0) is 10.0 Å². The van der Waals surface area contributed by atoms with Gasteiger partial charge in [-0.15, -0.1) is 0 Å². The number of amides is 1. The molecule has 2 aromatic carbocycles. The lowest BCUT2D eigenvalue weighted by Crippen LogP contribution is -2.43. The van der Waals surface area contributed by atoms with Crippen LogP contribution in [0.15, 0.2) is 53.4 Å². The van der Waals surface area contributed by atoms with Gasteiger partial charge in [0.2, 0.25) is 10.0 Å². The molecule has 1 amide bonds. The summed E-state index contributed by atoms with van der Waals surface area (Å²) in [6, 6.07) is 10.6. The van der Waals surface area contributed by atoms with Crippen molar-refractivity contribution in [3.8, 4) is 0 Å². The quantitative estimate of drug-likeness (QED) is 0.867. The molecule has 1 heterocycles. The number of sulfonamides is 1. The first-order chi connectivity index (χ1) is 12.4. The maximum atomic E-state index is 13.2. The lowest BCUT2D eigenvalue weighted by atomic mass is 10.2. The molecular weight excluding hydrogens is 362 g/mol. The molecule has 138 valence electrons. The molecule has 5 nitrogen and oxygen atoms in total. The molecule has 1 unspecified atom stereocenters. The highest BCUT2D eigenvalue weighted by Gasteiger charge is 2.35. The van der Waals surface area contributed by atoms with Crippen LogP contribution in [0.2, 0.25) is 0 Å². The van der Waals surface area contributed by atoms with Gasteiger partial charge in [-0.25, -0.2) is 17.2 Å². The number of hydrogen-bond donors (Lipinski definition) is 1. The van der Waals surface area contributed by atoms with Crippen molar-refractivity contribution in [1.82, 2.24) is 9.62 Å². The van der Waals surface area contributed by atoms with Gasteiger partial charge in [-0.05, 0) is 43.2 Å². The van der Waals surface area contributed by atoms with Gasteiger partial charge in [0.15, 0.2) is 11.6 Å². The van der Waals surface area contributed by atoms with Gasteiger partial charge in [-0.3, -0.25) is 4.79 Å². The Morgan fingerprint density at radius 2 is 1.85 bits per heavy atom. The summed E-state index contributed by atoms with van der Waals surface area (Å²) < 4.78 is 53.1. The SMILES string of the molecule is O=C(NCC1CCCN1S(=O)(=O)c1ccccc1)c1ccc(F)c(F)c1. The predicted molar refractivity (Wildman–Crippen MR) is 92.0 cm³/mol. The Morgan fingerprint density at radius 1 is 1.12 bits per heavy atom. The highest BCUT2D eigenvalue weighted by molar-refractivity contribution is 7.89. The Hall–Kier alpha value is -2.32. The van der Waals surface area contributed by atoms with Crippen molar-refractivity contribution in [1.29, 1.82) is 0 Å². The second-order valence-electron chi connectivity index (χ2n) is 6.06. The van der Waals surface area contributed by atoms with E-state index in [1.165, 1.54) is 22.5 Å². The fourth-order valence-corrected chi connectivity index (χ4v) is 4.72. The predicted octanol–water partition coefficient (Wildman–Crippen LogP) is 2.55. The number of carbonyl (C=O) groups is 1. The van der Waals surface area contributed by atoms with Crippen molar-refractivity contribution in [2.75, 3.05) is 13.1 Å². The number of hydrogen-bond acceptors (Lipinski definition) is 3. The van der Waals surface area contributed by atoms with E-state index in [0.29, 0.717) is 19.4 Å². The molecular formula is C18H18F2N2O3S. The van der Waals surface area contributed by atoms with Crippen molar-refractivity contribution < 1.29 is 22.0 Å². The molecule has 8 heteroatoms. The molecule has 0 aromatic heterocycles. The van der Waals surface area contributed by atoms with Crippen LogP contribution in [0.3, 0.4) is 0 Å². The van der Waals surface area contributed by atoms with Crippen molar-refractivity contribution in [3.05, 3.63) is 65.7 Å². The first-order valence-electron chi connectivity index (χ1n) is 8.20. The van der Waals surface area contributed by atoms with Crippen LogP contribution < -0.4 is 5.32 Å². The highest BCUT2D eigenvalue weighted by Crippen LogP contribution is 2.25. The Labute approximate surface area is 150 Å². The zero-order valence-electron chi connectivity index (χ0n) is 13.9. The first-order valence-corrected chi connectivity index (χ1v) is 9.64. The van der Waals surface area contributed by atoms with Gasteiger partial charge in [0.25, 0.3) is 5.91 Å². The minimum absolute atomic E-state index is 0.0145. The first kappa shape index (κ1) is 18.5. The minimum atomic E-state index is -3.64. The maximum Gasteiger partial charge on any atom is 0.251 e. The van der Waals surface area contributed by atoms with E-state index in [9.17, 15) is 22.0 Å². The molecule has 0 spiro atoms. The van der Waals surface area contributed by atoms with E-state index < -0.39 is 27.6 Å². The maximum absolute atomic E-state index is 13.2. The molecule has 1 atom stereocenters. The van der Waals surface area contributed by atoms with Crippen LogP contribution in [-0.4, -0.2) is 37.8 Å². The molecule has 26 heavy (non-hydrogen) atoms. The highest BCUT2D eigenvalue weighted by atomic mass is 32.2. The molecule has 3 rings (SSSR count). The van der Waals surface area contributed by atoms with Gasteiger partial charge in [0.1, 0.15) is 0 Å². The number of rotatable bonds is 5. The molecule has 0 aliphatic carbocycles. The second kappa shape index (κ2) is 7.51. The lowest BCUT2D eigenvalue weighted by Gasteiger charge is -2.24. The zero-order chi connectivity index (χ0) is 18.7. The molecule has 1 aliphatic rings. The van der Waals surface area contributed by atoms with Crippen molar-refractivity contribution in [2.45, 2.75) is 23.8 Å². The fraction of sp³-hybridized carbons (Fsp3) is 0.278. The van der Waals surface area contributed by atoms with E-state index in [1.54, 1.807) is 18.2 Å². The van der Waals surface area contributed by atoms with Gasteiger partial charge in [0, 0.05) is 24.7 Å². The Morgan fingerprint density at radius 3 is 2.54 bits per heavy atom. The third-order valence-electron chi connectivity index (χ3n) is 4.35. The summed E-state index contributed by atoms with van der Waals surface area (Å²) >= 11 is 0. The van der Waals surface area contributed by atoms with Crippen molar-refractivity contribution >= 4 is 15.9 Å². The summed E-state index contributed by atoms with van der Waals surface area (Å²) in [5.74, 6) is -2.71. The summed E-state index contributed by atoms with van der Waals surface area (Å²) in [5.41, 5.74) is -0.0145. The summed E-state index contributed by atoms with van der Waals surface area (Å²) in [6.07, 6.45) is 1.31. The molecule has 1 saturated heterocycles. The van der Waals surface area contributed by atoms with Gasteiger partial charge in [0.05, 0.1) is 4.90 Å². The van der Waals surface area contributed by atoms with E-state index in [1.807, 2.05) is 0 Å². The monoisotopic (exact) mass is 380 g/mol. The van der Waals surface area contributed by atoms with Gasteiger partial charge in [-0.2, -0.15) is 4.31 Å². The topological polar surface area (TPSA) is 66.5 Å². The largest absolute Gasteiger partial charge is 0.350 e. The van der Waals surface area contributed by atoms with Crippen LogP contribution in [0, 0.1) is 11.6 Å². The number of benzene rings is 2. The Kier molecular flexibility index (Phi) is 5.33. The normalized spacial score (nSPS) is 18.0. The average molecular weight is 380 g/mol. The molecule has 1 aliphatic heterocycles. The molecule has 0 bridgehead atoms. The molecule has 1 fully saturated rings. The average Bonchev–Trinajstić information content (AvgIpc) is 3.12. The summed E-state index contributed by atoms with van der Waals surface area (Å²) in [7, 11) is -3.64. The molecule has 2 aromatic rings. The van der Waals surface area contributed by atoms with Gasteiger partial charge < -0.3 is 5.32 Å². The fourth-order valence-electron chi connectivity index (χ4n) is 3.01. The summed E-state index contributed by atoms with van der Waals surface area (Å²) in [4.78, 5) is 12.3. The lowest BCUT2D eigenvalue weighted by molar-refractivity contribution is 0.0946. The van der Waals surface area contributed by atoms with Crippen LogP contribution in [0.5, 0.6) is 0 Å². The van der Waals surface area contributed by atoms with Crippen LogP contribution in [0.1, 0.15) is 23.2 Å². The molecule has 0 radical (unpaired) electrons. The van der Waals surface area contributed by atoms with E-state index in [0.717, 1.165) is 12.1 Å². The number of nitrogens with one attached hydrogen (secondary N) is 1. The number of carbonyl (C=O) groups excluding carboxylic acids is 1. The molecule has 1 N–H and O–H groups in total. The smallest absolute Gasteiger partial charge is 0.251 e. The standard InChI is InChI=1S/C18H18F2N2O3S/c19-16-9-8-13(11-17(16)20)18(23)21-12-14-5-4-10-22(14)26(24,25)15-6-2-1-3-7-15/h1-3,6-9,11,14H,4-5,10,12H2,(H,21,23). The Balaban J connectivity index is 1.69. The van der Waals surface area contributed by atoms with E-state index in [2.05, 4.69) is 5.32 Å². The third kappa shape index (κ3) is 3.76. The zero-order valence-corrected chi connectivity index (χ0v) is 14.7. The summed E-state index contributed by atoms with van der Waals surface area (Å²) in [6.45, 7) is 0.479. The minimum Gasteiger partial charge on any atom is -0.350 e. The van der Waals surface area contributed by atoms with Gasteiger partial charge >= 0.3 is 0 Å². The van der Waals surface area contributed by atoms with Crippen molar-refractivity contribution in [2.24, 2.45) is 0 Å².